The van der Waals surface area contributed by atoms with E-state index in [1.807, 2.05) is 0 Å². The summed E-state index contributed by atoms with van der Waals surface area (Å²) in [5.74, 6) is -0.0539. The Morgan fingerprint density at radius 2 is 2.05 bits per heavy atom. The molecule has 1 rings (SSSR count). The molecular formula is C12H16Cl3N5. The Labute approximate surface area is 134 Å². The minimum Gasteiger partial charge on any atom is -0.370 e. The molecule has 0 unspecified atom stereocenters. The number of nitrogens with zero attached hydrogens (tertiary/aromatic N) is 2. The van der Waals surface area contributed by atoms with E-state index >= 15 is 0 Å². The number of halogens is 3. The van der Waals surface area contributed by atoms with E-state index in [0.717, 1.165) is 5.56 Å². The highest BCUT2D eigenvalue weighted by atomic mass is 35.5. The van der Waals surface area contributed by atoms with Gasteiger partial charge in [-0.1, -0.05) is 35.3 Å². The molecule has 0 heterocycles. The summed E-state index contributed by atoms with van der Waals surface area (Å²) in [6.45, 7) is 4.17. The van der Waals surface area contributed by atoms with Gasteiger partial charge in [0, 0.05) is 16.6 Å². The monoisotopic (exact) mass is 335 g/mol. The number of aliphatic imine (C=N–C) groups is 1. The predicted molar refractivity (Wildman–Crippen MR) is 87.9 cm³/mol. The molecule has 0 amide bonds. The Morgan fingerprint density at radius 3 is 2.55 bits per heavy atom. The van der Waals surface area contributed by atoms with Gasteiger partial charge in [-0.2, -0.15) is 0 Å². The molecule has 110 valence electrons. The van der Waals surface area contributed by atoms with Gasteiger partial charge >= 0.3 is 0 Å². The van der Waals surface area contributed by atoms with Gasteiger partial charge in [-0.3, -0.25) is 10.3 Å². The normalized spacial score (nSPS) is 10.6. The molecule has 0 atom stereocenters. The summed E-state index contributed by atoms with van der Waals surface area (Å²) in [5, 5.41) is 8.46. The Morgan fingerprint density at radius 1 is 1.40 bits per heavy atom. The molecule has 1 aromatic rings. The van der Waals surface area contributed by atoms with Gasteiger partial charge in [0.25, 0.3) is 0 Å². The van der Waals surface area contributed by atoms with E-state index in [4.69, 9.17) is 40.1 Å². The van der Waals surface area contributed by atoms with Crippen LogP contribution in [0.4, 0.5) is 0 Å². The van der Waals surface area contributed by atoms with Crippen LogP contribution in [0.15, 0.2) is 35.8 Å². The lowest BCUT2D eigenvalue weighted by atomic mass is 10.2. The maximum absolute atomic E-state index is 7.39. The lowest BCUT2D eigenvalue weighted by Crippen LogP contribution is -2.45. The van der Waals surface area contributed by atoms with Gasteiger partial charge in [0.05, 0.1) is 6.54 Å². The van der Waals surface area contributed by atoms with Crippen molar-refractivity contribution in [2.24, 2.45) is 16.5 Å². The standard InChI is InChI=1S/C12H15Cl2N5.ClH/c1-2-5-19(11(15)16)12(17)18-7-8-3-4-9(13)6-10(8)14;/h2-4,6H,1,5,7H2,(H3,15,16)(H2,17,18);1H. The van der Waals surface area contributed by atoms with Crippen molar-refractivity contribution < 1.29 is 0 Å². The maximum Gasteiger partial charge on any atom is 0.198 e. The van der Waals surface area contributed by atoms with Crippen LogP contribution < -0.4 is 11.5 Å². The molecule has 0 aromatic heterocycles. The average molecular weight is 337 g/mol. The van der Waals surface area contributed by atoms with Crippen molar-refractivity contribution in [1.29, 1.82) is 5.41 Å². The number of rotatable bonds is 4. The SMILES string of the molecule is C=CCN(C(=N)N)C(N)=NCc1ccc(Cl)cc1Cl.Cl. The summed E-state index contributed by atoms with van der Waals surface area (Å²) in [6.07, 6.45) is 1.58. The van der Waals surface area contributed by atoms with Crippen LogP contribution in [0.3, 0.4) is 0 Å². The third kappa shape index (κ3) is 5.28. The molecule has 0 aliphatic rings. The third-order valence-electron chi connectivity index (χ3n) is 2.31. The topological polar surface area (TPSA) is 91.5 Å². The number of guanidine groups is 2. The molecular weight excluding hydrogens is 321 g/mol. The summed E-state index contributed by atoms with van der Waals surface area (Å²) in [4.78, 5) is 5.48. The fraction of sp³-hybridized carbons (Fsp3) is 0.167. The first-order valence-electron chi connectivity index (χ1n) is 5.42. The summed E-state index contributed by atoms with van der Waals surface area (Å²) < 4.78 is 0. The molecule has 0 aliphatic heterocycles. The lowest BCUT2D eigenvalue weighted by Gasteiger charge is -2.19. The second-order valence-electron chi connectivity index (χ2n) is 3.69. The van der Waals surface area contributed by atoms with E-state index in [1.165, 1.54) is 4.90 Å². The summed E-state index contributed by atoms with van der Waals surface area (Å²) >= 11 is 11.8. The fourth-order valence-corrected chi connectivity index (χ4v) is 1.81. The van der Waals surface area contributed by atoms with Gasteiger partial charge < -0.3 is 11.5 Å². The van der Waals surface area contributed by atoms with Crippen molar-refractivity contribution in [3.8, 4) is 0 Å². The third-order valence-corrected chi connectivity index (χ3v) is 2.89. The number of hydrogen-bond donors (Lipinski definition) is 3. The molecule has 5 nitrogen and oxygen atoms in total. The molecule has 8 heteroatoms. The van der Waals surface area contributed by atoms with E-state index < -0.39 is 0 Å². The second kappa shape index (κ2) is 8.68. The van der Waals surface area contributed by atoms with Crippen molar-refractivity contribution in [3.63, 3.8) is 0 Å². The number of nitrogens with one attached hydrogen (secondary N) is 1. The largest absolute Gasteiger partial charge is 0.370 e. The predicted octanol–water partition coefficient (Wildman–Crippen LogP) is 2.61. The first-order valence-corrected chi connectivity index (χ1v) is 6.17. The molecule has 0 radical (unpaired) electrons. The van der Waals surface area contributed by atoms with Crippen molar-refractivity contribution in [2.75, 3.05) is 6.54 Å². The Balaban J connectivity index is 0.00000361. The minimum atomic E-state index is -0.191. The molecule has 0 fully saturated rings. The van der Waals surface area contributed by atoms with Gasteiger partial charge in [-0.15, -0.1) is 19.0 Å². The number of benzene rings is 1. The van der Waals surface area contributed by atoms with Gasteiger partial charge in [-0.05, 0) is 17.7 Å². The lowest BCUT2D eigenvalue weighted by molar-refractivity contribution is 0.652. The van der Waals surface area contributed by atoms with Gasteiger partial charge in [0.1, 0.15) is 0 Å². The van der Waals surface area contributed by atoms with Crippen LogP contribution in [0.5, 0.6) is 0 Å². The molecule has 20 heavy (non-hydrogen) atoms. The van der Waals surface area contributed by atoms with E-state index in [-0.39, 0.29) is 30.9 Å². The number of nitrogens with two attached hydrogens (primary N) is 2. The van der Waals surface area contributed by atoms with Crippen molar-refractivity contribution in [2.45, 2.75) is 6.54 Å². The van der Waals surface area contributed by atoms with Crippen LogP contribution in [0.25, 0.3) is 0 Å². The minimum absolute atomic E-state index is 0. The molecule has 1 aromatic carbocycles. The van der Waals surface area contributed by atoms with Gasteiger partial charge in [-0.25, -0.2) is 4.99 Å². The van der Waals surface area contributed by atoms with E-state index in [9.17, 15) is 0 Å². The Bertz CT molecular complexity index is 516. The quantitative estimate of drug-likeness (QED) is 0.448. The van der Waals surface area contributed by atoms with E-state index in [1.54, 1.807) is 24.3 Å². The van der Waals surface area contributed by atoms with E-state index in [0.29, 0.717) is 16.6 Å². The zero-order valence-corrected chi connectivity index (χ0v) is 13.0. The fourth-order valence-electron chi connectivity index (χ4n) is 1.35. The maximum atomic E-state index is 7.39. The summed E-state index contributed by atoms with van der Waals surface area (Å²) in [6, 6.07) is 5.13. The van der Waals surface area contributed by atoms with Crippen LogP contribution >= 0.6 is 35.6 Å². The highest BCUT2D eigenvalue weighted by Gasteiger charge is 2.09. The van der Waals surface area contributed by atoms with E-state index in [2.05, 4.69) is 11.6 Å². The van der Waals surface area contributed by atoms with Crippen molar-refractivity contribution in [3.05, 3.63) is 46.5 Å². The zero-order chi connectivity index (χ0) is 14.4. The molecule has 0 saturated carbocycles. The van der Waals surface area contributed by atoms with Crippen molar-refractivity contribution in [1.82, 2.24) is 4.90 Å². The van der Waals surface area contributed by atoms with Crippen LogP contribution in [0.1, 0.15) is 5.56 Å². The molecule has 0 aliphatic carbocycles. The van der Waals surface area contributed by atoms with Crippen LogP contribution in [0.2, 0.25) is 10.0 Å². The molecule has 0 spiro atoms. The summed E-state index contributed by atoms with van der Waals surface area (Å²) in [5.41, 5.74) is 12.0. The first kappa shape index (κ1) is 18.6. The molecule has 0 bridgehead atoms. The molecule has 5 N–H and O–H groups in total. The first-order chi connectivity index (χ1) is 8.95. The smallest absolute Gasteiger partial charge is 0.198 e. The van der Waals surface area contributed by atoms with Crippen molar-refractivity contribution >= 4 is 47.5 Å². The number of hydrogen-bond acceptors (Lipinski definition) is 2. The highest BCUT2D eigenvalue weighted by Crippen LogP contribution is 2.21. The van der Waals surface area contributed by atoms with Gasteiger partial charge in [0.15, 0.2) is 11.9 Å². The second-order valence-corrected chi connectivity index (χ2v) is 4.54. The molecule has 0 saturated heterocycles. The van der Waals surface area contributed by atoms with Crippen LogP contribution in [0, 0.1) is 5.41 Å². The van der Waals surface area contributed by atoms with Crippen LogP contribution in [-0.4, -0.2) is 23.4 Å². The Kier molecular flexibility index (Phi) is 8.06. The van der Waals surface area contributed by atoms with Gasteiger partial charge in [0.2, 0.25) is 0 Å². The zero-order valence-electron chi connectivity index (χ0n) is 10.6. The summed E-state index contributed by atoms with van der Waals surface area (Å²) in [7, 11) is 0. The Hall–Kier alpha value is -1.43. The average Bonchev–Trinajstić information content (AvgIpc) is 2.34. The highest BCUT2D eigenvalue weighted by molar-refractivity contribution is 6.35. The van der Waals surface area contributed by atoms with Crippen LogP contribution in [-0.2, 0) is 6.54 Å².